The third-order valence-electron chi connectivity index (χ3n) is 4.19. The second-order valence-electron chi connectivity index (χ2n) is 6.19. The van der Waals surface area contributed by atoms with Crippen molar-refractivity contribution in [3.63, 3.8) is 0 Å². The number of aryl methyl sites for hydroxylation is 1. The molecule has 0 bridgehead atoms. The van der Waals surface area contributed by atoms with E-state index in [9.17, 15) is 9.59 Å². The largest absolute Gasteiger partial charge is 0.493 e. The van der Waals surface area contributed by atoms with E-state index < -0.39 is 18.5 Å². The maximum absolute atomic E-state index is 12.3. The summed E-state index contributed by atoms with van der Waals surface area (Å²) in [5, 5.41) is 2.80. The van der Waals surface area contributed by atoms with Gasteiger partial charge in [-0.1, -0.05) is 29.8 Å². The molecule has 0 saturated heterocycles. The number of ether oxygens (including phenoxy) is 4. The van der Waals surface area contributed by atoms with Gasteiger partial charge < -0.3 is 24.3 Å². The highest BCUT2D eigenvalue weighted by molar-refractivity contribution is 5.92. The number of benzene rings is 2. The van der Waals surface area contributed by atoms with Crippen LogP contribution in [-0.2, 0) is 9.53 Å². The molecule has 7 heteroatoms. The Bertz CT molecular complexity index is 806. The van der Waals surface area contributed by atoms with Crippen LogP contribution in [0.5, 0.6) is 17.2 Å². The van der Waals surface area contributed by atoms with Gasteiger partial charge >= 0.3 is 5.97 Å². The average Bonchev–Trinajstić information content (AvgIpc) is 2.71. The summed E-state index contributed by atoms with van der Waals surface area (Å²) < 4.78 is 20.8. The van der Waals surface area contributed by atoms with Crippen molar-refractivity contribution in [2.24, 2.45) is 0 Å². The number of amides is 1. The first-order valence-corrected chi connectivity index (χ1v) is 8.72. The average molecular weight is 387 g/mol. The molecule has 0 aliphatic carbocycles. The molecular weight excluding hydrogens is 362 g/mol. The molecule has 0 radical (unpaired) electrons. The van der Waals surface area contributed by atoms with Crippen LogP contribution in [0.3, 0.4) is 0 Å². The van der Waals surface area contributed by atoms with E-state index in [1.807, 2.05) is 38.1 Å². The van der Waals surface area contributed by atoms with Gasteiger partial charge in [0.05, 0.1) is 32.9 Å². The Hall–Kier alpha value is -3.22. The number of hydrogen-bond donors (Lipinski definition) is 1. The fourth-order valence-electron chi connectivity index (χ4n) is 2.63. The van der Waals surface area contributed by atoms with Gasteiger partial charge in [-0.3, -0.25) is 4.79 Å². The van der Waals surface area contributed by atoms with Gasteiger partial charge in [0.25, 0.3) is 5.91 Å². The molecule has 0 aliphatic heterocycles. The Balaban J connectivity index is 1.99. The third kappa shape index (κ3) is 5.16. The van der Waals surface area contributed by atoms with Crippen molar-refractivity contribution < 1.29 is 28.5 Å². The first-order chi connectivity index (χ1) is 13.4. The molecule has 2 rings (SSSR count). The van der Waals surface area contributed by atoms with E-state index in [1.165, 1.54) is 33.5 Å². The van der Waals surface area contributed by atoms with Gasteiger partial charge in [0.15, 0.2) is 18.1 Å². The topological polar surface area (TPSA) is 83.1 Å². The Kier molecular flexibility index (Phi) is 7.26. The first kappa shape index (κ1) is 21.1. The molecule has 0 fully saturated rings. The molecule has 28 heavy (non-hydrogen) atoms. The number of hydrogen-bond acceptors (Lipinski definition) is 6. The lowest BCUT2D eigenvalue weighted by Crippen LogP contribution is -2.31. The van der Waals surface area contributed by atoms with Crippen LogP contribution >= 0.6 is 0 Å². The smallest absolute Gasteiger partial charge is 0.338 e. The van der Waals surface area contributed by atoms with Gasteiger partial charge in [-0.25, -0.2) is 4.79 Å². The monoisotopic (exact) mass is 387 g/mol. The summed E-state index contributed by atoms with van der Waals surface area (Å²) in [4.78, 5) is 24.4. The minimum absolute atomic E-state index is 0.189. The van der Waals surface area contributed by atoms with Crippen molar-refractivity contribution in [3.05, 3.63) is 53.1 Å². The number of nitrogens with one attached hydrogen (secondary N) is 1. The second-order valence-corrected chi connectivity index (χ2v) is 6.19. The van der Waals surface area contributed by atoms with Crippen LogP contribution in [0.2, 0.25) is 0 Å². The van der Waals surface area contributed by atoms with Crippen LogP contribution in [0, 0.1) is 6.92 Å². The highest BCUT2D eigenvalue weighted by atomic mass is 16.5. The van der Waals surface area contributed by atoms with Crippen molar-refractivity contribution in [1.29, 1.82) is 0 Å². The summed E-state index contributed by atoms with van der Waals surface area (Å²) in [5.74, 6) is -0.0463. The van der Waals surface area contributed by atoms with Crippen LogP contribution in [0.15, 0.2) is 36.4 Å². The second kappa shape index (κ2) is 9.64. The molecule has 0 spiro atoms. The highest BCUT2D eigenvalue weighted by Crippen LogP contribution is 2.38. The van der Waals surface area contributed by atoms with Crippen LogP contribution in [-0.4, -0.2) is 39.8 Å². The van der Waals surface area contributed by atoms with Crippen LogP contribution < -0.4 is 19.5 Å². The maximum Gasteiger partial charge on any atom is 0.338 e. The van der Waals surface area contributed by atoms with Crippen molar-refractivity contribution in [3.8, 4) is 17.2 Å². The fraction of sp³-hybridized carbons (Fsp3) is 0.333. The summed E-state index contributed by atoms with van der Waals surface area (Å²) in [6.07, 6.45) is 0. The van der Waals surface area contributed by atoms with E-state index in [2.05, 4.69) is 5.32 Å². The molecule has 0 aromatic heterocycles. The molecule has 1 amide bonds. The molecule has 1 unspecified atom stereocenters. The van der Waals surface area contributed by atoms with E-state index in [0.29, 0.717) is 17.2 Å². The summed E-state index contributed by atoms with van der Waals surface area (Å²) in [5.41, 5.74) is 2.30. The molecule has 2 aromatic carbocycles. The number of methoxy groups -OCH3 is 3. The highest BCUT2D eigenvalue weighted by Gasteiger charge is 2.19. The standard InChI is InChI=1S/C21H25NO6/c1-13-6-8-15(9-7-13)14(2)22-19(23)12-28-21(24)16-10-17(25-3)20(27-5)18(11-16)26-4/h6-11,14H,12H2,1-5H3,(H,22,23). The quantitative estimate of drug-likeness (QED) is 0.701. The molecule has 2 aromatic rings. The van der Waals surface area contributed by atoms with E-state index >= 15 is 0 Å². The van der Waals surface area contributed by atoms with E-state index in [-0.39, 0.29) is 11.6 Å². The molecule has 7 nitrogen and oxygen atoms in total. The Morgan fingerprint density at radius 2 is 1.54 bits per heavy atom. The Morgan fingerprint density at radius 1 is 0.964 bits per heavy atom. The number of carbonyl (C=O) groups is 2. The lowest BCUT2D eigenvalue weighted by molar-refractivity contribution is -0.124. The molecule has 1 N–H and O–H groups in total. The summed E-state index contributed by atoms with van der Waals surface area (Å²) in [7, 11) is 4.37. The van der Waals surface area contributed by atoms with Gasteiger partial charge in [-0.2, -0.15) is 0 Å². The summed E-state index contributed by atoms with van der Waals surface area (Å²) in [6, 6.07) is 10.6. The van der Waals surface area contributed by atoms with Gasteiger partial charge in [-0.15, -0.1) is 0 Å². The van der Waals surface area contributed by atoms with Crippen molar-refractivity contribution in [2.45, 2.75) is 19.9 Å². The molecule has 0 heterocycles. The molecular formula is C21H25NO6. The van der Waals surface area contributed by atoms with E-state index in [1.54, 1.807) is 0 Å². The van der Waals surface area contributed by atoms with Gasteiger partial charge in [0.2, 0.25) is 5.75 Å². The van der Waals surface area contributed by atoms with Crippen LogP contribution in [0.4, 0.5) is 0 Å². The minimum Gasteiger partial charge on any atom is -0.493 e. The van der Waals surface area contributed by atoms with Gasteiger partial charge in [-0.05, 0) is 31.5 Å². The molecule has 1 atom stereocenters. The first-order valence-electron chi connectivity index (χ1n) is 8.72. The van der Waals surface area contributed by atoms with Crippen molar-refractivity contribution in [1.82, 2.24) is 5.32 Å². The number of carbonyl (C=O) groups excluding carboxylic acids is 2. The lowest BCUT2D eigenvalue weighted by atomic mass is 10.1. The van der Waals surface area contributed by atoms with Gasteiger partial charge in [0.1, 0.15) is 0 Å². The lowest BCUT2D eigenvalue weighted by Gasteiger charge is -2.15. The van der Waals surface area contributed by atoms with Crippen molar-refractivity contribution in [2.75, 3.05) is 27.9 Å². The summed E-state index contributed by atoms with van der Waals surface area (Å²) in [6.45, 7) is 3.46. The number of rotatable bonds is 8. The maximum atomic E-state index is 12.3. The zero-order valence-electron chi connectivity index (χ0n) is 16.7. The summed E-state index contributed by atoms with van der Waals surface area (Å²) >= 11 is 0. The normalized spacial score (nSPS) is 11.3. The Labute approximate surface area is 164 Å². The van der Waals surface area contributed by atoms with Crippen LogP contribution in [0.1, 0.15) is 34.5 Å². The van der Waals surface area contributed by atoms with Crippen molar-refractivity contribution >= 4 is 11.9 Å². The fourth-order valence-corrected chi connectivity index (χ4v) is 2.63. The predicted molar refractivity (Wildman–Crippen MR) is 104 cm³/mol. The zero-order chi connectivity index (χ0) is 20.7. The van der Waals surface area contributed by atoms with E-state index in [4.69, 9.17) is 18.9 Å². The van der Waals surface area contributed by atoms with Crippen LogP contribution in [0.25, 0.3) is 0 Å². The minimum atomic E-state index is -0.669. The predicted octanol–water partition coefficient (Wildman–Crippen LogP) is 3.06. The van der Waals surface area contributed by atoms with Gasteiger partial charge in [0, 0.05) is 0 Å². The molecule has 150 valence electrons. The third-order valence-corrected chi connectivity index (χ3v) is 4.19. The number of esters is 1. The molecule has 0 saturated carbocycles. The van der Waals surface area contributed by atoms with E-state index in [0.717, 1.165) is 11.1 Å². The molecule has 0 aliphatic rings. The zero-order valence-corrected chi connectivity index (χ0v) is 16.7. The SMILES string of the molecule is COc1cc(C(=O)OCC(=O)NC(C)c2ccc(C)cc2)cc(OC)c1OC. The Morgan fingerprint density at radius 3 is 2.04 bits per heavy atom.